The Morgan fingerprint density at radius 3 is 2.47 bits per heavy atom. The minimum Gasteiger partial charge on any atom is -0.496 e. The van der Waals surface area contributed by atoms with Crippen molar-refractivity contribution in [3.05, 3.63) is 29.3 Å². The number of carboxylic acid groups (broad SMARTS) is 1. The van der Waals surface area contributed by atoms with E-state index in [1.54, 1.807) is 7.11 Å². The van der Waals surface area contributed by atoms with E-state index < -0.39 is 5.97 Å². The molecule has 0 radical (unpaired) electrons. The molecule has 0 bridgehead atoms. The van der Waals surface area contributed by atoms with Crippen LogP contribution in [0.5, 0.6) is 5.75 Å². The number of rotatable bonds is 6. The average molecular weight is 264 g/mol. The first-order valence-electron chi connectivity index (χ1n) is 6.68. The molecule has 0 fully saturated rings. The Morgan fingerprint density at radius 1 is 1.37 bits per heavy atom. The van der Waals surface area contributed by atoms with Crippen molar-refractivity contribution in [2.24, 2.45) is 0 Å². The number of aliphatic carboxylic acids is 1. The van der Waals surface area contributed by atoms with Gasteiger partial charge in [0.15, 0.2) is 0 Å². The standard InChI is InChI=1S/C16H24O3/c1-11(2)12-6-7-14(19-5)13(10-12)16(3,4)9-8-15(17)18/h6-7,10-11H,8-9H2,1-5H3,(H,17,18). The SMILES string of the molecule is COc1ccc(C(C)C)cc1C(C)(C)CCC(=O)O. The van der Waals surface area contributed by atoms with Crippen LogP contribution >= 0.6 is 0 Å². The van der Waals surface area contributed by atoms with Gasteiger partial charge in [0.2, 0.25) is 0 Å². The van der Waals surface area contributed by atoms with Crippen LogP contribution in [0, 0.1) is 0 Å². The minimum absolute atomic E-state index is 0.169. The fourth-order valence-electron chi connectivity index (χ4n) is 2.17. The number of hydrogen-bond acceptors (Lipinski definition) is 2. The molecule has 0 spiro atoms. The Hall–Kier alpha value is -1.51. The minimum atomic E-state index is -0.757. The summed E-state index contributed by atoms with van der Waals surface area (Å²) in [6.45, 7) is 8.43. The fraction of sp³-hybridized carbons (Fsp3) is 0.562. The van der Waals surface area contributed by atoms with Crippen LogP contribution in [0.2, 0.25) is 0 Å². The molecule has 0 aliphatic heterocycles. The lowest BCUT2D eigenvalue weighted by atomic mass is 9.78. The van der Waals surface area contributed by atoms with Gasteiger partial charge in [-0.3, -0.25) is 4.79 Å². The lowest BCUT2D eigenvalue weighted by Crippen LogP contribution is -2.20. The Kier molecular flexibility index (Phi) is 4.98. The van der Waals surface area contributed by atoms with Crippen LogP contribution in [0.1, 0.15) is 57.6 Å². The van der Waals surface area contributed by atoms with Crippen LogP contribution in [0.15, 0.2) is 18.2 Å². The fourth-order valence-corrected chi connectivity index (χ4v) is 2.17. The predicted octanol–water partition coefficient (Wildman–Crippen LogP) is 3.96. The summed E-state index contributed by atoms with van der Waals surface area (Å²) < 4.78 is 5.43. The number of hydrogen-bond donors (Lipinski definition) is 1. The second kappa shape index (κ2) is 6.09. The van der Waals surface area contributed by atoms with Crippen LogP contribution in [-0.4, -0.2) is 18.2 Å². The third-order valence-electron chi connectivity index (χ3n) is 3.58. The third kappa shape index (κ3) is 3.98. The molecule has 0 atom stereocenters. The van der Waals surface area contributed by atoms with Gasteiger partial charge in [-0.1, -0.05) is 39.8 Å². The monoisotopic (exact) mass is 264 g/mol. The Labute approximate surface area is 115 Å². The van der Waals surface area contributed by atoms with Gasteiger partial charge < -0.3 is 9.84 Å². The van der Waals surface area contributed by atoms with Crippen molar-refractivity contribution in [1.29, 1.82) is 0 Å². The number of benzene rings is 1. The number of carbonyl (C=O) groups is 1. The number of carboxylic acids is 1. The van der Waals surface area contributed by atoms with Crippen LogP contribution in [0.25, 0.3) is 0 Å². The number of methoxy groups -OCH3 is 1. The molecule has 106 valence electrons. The maximum absolute atomic E-state index is 10.8. The van der Waals surface area contributed by atoms with Gasteiger partial charge in [0.1, 0.15) is 5.75 Å². The van der Waals surface area contributed by atoms with Crippen molar-refractivity contribution in [3.63, 3.8) is 0 Å². The second-order valence-electron chi connectivity index (χ2n) is 5.89. The highest BCUT2D eigenvalue weighted by Gasteiger charge is 2.25. The van der Waals surface area contributed by atoms with Gasteiger partial charge in [-0.2, -0.15) is 0 Å². The summed E-state index contributed by atoms with van der Waals surface area (Å²) in [5.41, 5.74) is 2.12. The normalized spacial score (nSPS) is 11.7. The molecule has 0 heterocycles. The Morgan fingerprint density at radius 2 is 2.00 bits per heavy atom. The molecule has 0 aliphatic carbocycles. The van der Waals surface area contributed by atoms with E-state index >= 15 is 0 Å². The smallest absolute Gasteiger partial charge is 0.303 e. The van der Waals surface area contributed by atoms with Gasteiger partial charge in [-0.15, -0.1) is 0 Å². The zero-order valence-corrected chi connectivity index (χ0v) is 12.5. The van der Waals surface area contributed by atoms with E-state index in [0.717, 1.165) is 11.3 Å². The van der Waals surface area contributed by atoms with E-state index in [1.165, 1.54) is 5.56 Å². The molecular weight excluding hydrogens is 240 g/mol. The maximum atomic E-state index is 10.8. The Bertz CT molecular complexity index is 447. The highest BCUT2D eigenvalue weighted by Crippen LogP contribution is 2.37. The summed E-state index contributed by atoms with van der Waals surface area (Å²) in [5, 5.41) is 8.86. The maximum Gasteiger partial charge on any atom is 0.303 e. The third-order valence-corrected chi connectivity index (χ3v) is 3.58. The van der Waals surface area contributed by atoms with Gasteiger partial charge in [-0.25, -0.2) is 0 Å². The topological polar surface area (TPSA) is 46.5 Å². The summed E-state index contributed by atoms with van der Waals surface area (Å²) >= 11 is 0. The van der Waals surface area contributed by atoms with Crippen molar-refractivity contribution in [2.75, 3.05) is 7.11 Å². The zero-order chi connectivity index (χ0) is 14.6. The van der Waals surface area contributed by atoms with Gasteiger partial charge >= 0.3 is 5.97 Å². The molecule has 1 N–H and O–H groups in total. The first-order chi connectivity index (χ1) is 8.77. The van der Waals surface area contributed by atoms with E-state index in [4.69, 9.17) is 9.84 Å². The van der Waals surface area contributed by atoms with Crippen molar-refractivity contribution in [3.8, 4) is 5.75 Å². The van der Waals surface area contributed by atoms with E-state index in [-0.39, 0.29) is 11.8 Å². The van der Waals surface area contributed by atoms with Crippen molar-refractivity contribution in [2.45, 2.75) is 51.9 Å². The molecule has 1 aromatic carbocycles. The highest BCUT2D eigenvalue weighted by atomic mass is 16.5. The molecule has 1 aromatic rings. The molecule has 0 amide bonds. The van der Waals surface area contributed by atoms with Crippen LogP contribution < -0.4 is 4.74 Å². The second-order valence-corrected chi connectivity index (χ2v) is 5.89. The Balaban J connectivity index is 3.13. The summed E-state index contributed by atoms with van der Waals surface area (Å²) in [6, 6.07) is 6.19. The molecule has 0 unspecified atom stereocenters. The highest BCUT2D eigenvalue weighted by molar-refractivity contribution is 5.67. The lowest BCUT2D eigenvalue weighted by molar-refractivity contribution is -0.137. The molecule has 0 saturated heterocycles. The van der Waals surface area contributed by atoms with Crippen molar-refractivity contribution >= 4 is 5.97 Å². The average Bonchev–Trinajstić information content (AvgIpc) is 2.35. The molecule has 1 rings (SSSR count). The summed E-state index contributed by atoms with van der Waals surface area (Å²) in [7, 11) is 1.65. The van der Waals surface area contributed by atoms with Crippen LogP contribution in [-0.2, 0) is 10.2 Å². The van der Waals surface area contributed by atoms with Gasteiger partial charge in [0, 0.05) is 12.0 Å². The molecule has 3 nitrogen and oxygen atoms in total. The molecule has 19 heavy (non-hydrogen) atoms. The zero-order valence-electron chi connectivity index (χ0n) is 12.5. The predicted molar refractivity (Wildman–Crippen MR) is 77.0 cm³/mol. The first kappa shape index (κ1) is 15.5. The quantitative estimate of drug-likeness (QED) is 0.846. The molecule has 0 saturated carbocycles. The summed E-state index contributed by atoms with van der Waals surface area (Å²) in [5.74, 6) is 0.520. The summed E-state index contributed by atoms with van der Waals surface area (Å²) in [4.78, 5) is 10.8. The van der Waals surface area contributed by atoms with E-state index in [0.29, 0.717) is 12.3 Å². The van der Waals surface area contributed by atoms with Crippen LogP contribution in [0.3, 0.4) is 0 Å². The van der Waals surface area contributed by atoms with E-state index in [2.05, 4.69) is 39.8 Å². The van der Waals surface area contributed by atoms with Gasteiger partial charge in [-0.05, 0) is 29.4 Å². The van der Waals surface area contributed by atoms with E-state index in [1.807, 2.05) is 6.07 Å². The molecular formula is C16H24O3. The van der Waals surface area contributed by atoms with E-state index in [9.17, 15) is 4.79 Å². The number of ether oxygens (including phenoxy) is 1. The molecule has 3 heteroatoms. The van der Waals surface area contributed by atoms with Crippen molar-refractivity contribution in [1.82, 2.24) is 0 Å². The molecule has 0 aliphatic rings. The summed E-state index contributed by atoms with van der Waals surface area (Å²) in [6.07, 6.45) is 0.766. The largest absolute Gasteiger partial charge is 0.496 e. The van der Waals surface area contributed by atoms with Crippen LogP contribution in [0.4, 0.5) is 0 Å². The van der Waals surface area contributed by atoms with Gasteiger partial charge in [0.05, 0.1) is 7.11 Å². The molecule has 0 aromatic heterocycles. The van der Waals surface area contributed by atoms with Gasteiger partial charge in [0.25, 0.3) is 0 Å². The first-order valence-corrected chi connectivity index (χ1v) is 6.68. The van der Waals surface area contributed by atoms with Crippen molar-refractivity contribution < 1.29 is 14.6 Å². The lowest BCUT2D eigenvalue weighted by Gasteiger charge is -2.27.